The molecular weight excluding hydrogens is 490 g/mol. The summed E-state index contributed by atoms with van der Waals surface area (Å²) in [7, 11) is 0. The topological polar surface area (TPSA) is 200 Å². The number of thioether (sulfide) groups is 1. The molecule has 1 aliphatic rings. The van der Waals surface area contributed by atoms with E-state index < -0.39 is 54.3 Å². The van der Waals surface area contributed by atoms with Crippen LogP contribution in [-0.2, 0) is 30.4 Å². The molecule has 0 radical (unpaired) electrons. The molecule has 1 fully saturated rings. The Hall–Kier alpha value is -3.32. The number of hydrogen-bond donors (Lipinski definition) is 7. The van der Waals surface area contributed by atoms with Crippen LogP contribution >= 0.6 is 11.8 Å². The second kappa shape index (κ2) is 14.3. The third-order valence-corrected chi connectivity index (χ3v) is 6.29. The molecule has 0 aliphatic carbocycles. The molecule has 1 saturated heterocycles. The van der Waals surface area contributed by atoms with Crippen LogP contribution in [0.3, 0.4) is 0 Å². The van der Waals surface area contributed by atoms with Gasteiger partial charge in [0.2, 0.25) is 23.6 Å². The van der Waals surface area contributed by atoms with Crippen molar-refractivity contribution >= 4 is 41.4 Å². The minimum absolute atomic E-state index is 0.0339. The lowest BCUT2D eigenvalue weighted by atomic mass is 10.0. The molecule has 0 bridgehead atoms. The summed E-state index contributed by atoms with van der Waals surface area (Å²) in [6, 6.07) is 1.84. The number of nitrogens with two attached hydrogens (primary N) is 1. The summed E-state index contributed by atoms with van der Waals surface area (Å²) >= 11 is 1.41. The monoisotopic (exact) mass is 523 g/mol. The number of carbonyl (C=O) groups is 5. The number of primary amides is 1. The normalized spacial score (nSPS) is 17.4. The first-order chi connectivity index (χ1) is 17.1. The second-order valence-electron chi connectivity index (χ2n) is 8.49. The SMILES string of the molecule is CSCCC(NC(=O)C(CC(N)=O)NC(=O)C(Cc1ccc(O)cc1)NC(=O)C1CCCN1)C(=O)O. The minimum atomic E-state index is -1.44. The van der Waals surface area contributed by atoms with Crippen molar-refractivity contribution in [2.24, 2.45) is 5.73 Å². The van der Waals surface area contributed by atoms with Crippen molar-refractivity contribution in [3.05, 3.63) is 29.8 Å². The number of amides is 4. The number of aliphatic carboxylic acids is 1. The molecule has 36 heavy (non-hydrogen) atoms. The molecule has 4 unspecified atom stereocenters. The summed E-state index contributed by atoms with van der Waals surface area (Å²) < 4.78 is 0. The van der Waals surface area contributed by atoms with Crippen molar-refractivity contribution in [3.8, 4) is 5.75 Å². The molecule has 198 valence electrons. The molecule has 12 nitrogen and oxygen atoms in total. The highest BCUT2D eigenvalue weighted by Crippen LogP contribution is 2.13. The number of nitrogens with one attached hydrogen (secondary N) is 4. The number of hydrogen-bond acceptors (Lipinski definition) is 8. The average Bonchev–Trinajstić information content (AvgIpc) is 3.36. The van der Waals surface area contributed by atoms with Crippen molar-refractivity contribution in [1.82, 2.24) is 21.3 Å². The molecule has 4 atom stereocenters. The first-order valence-electron chi connectivity index (χ1n) is 11.5. The lowest BCUT2D eigenvalue weighted by molar-refractivity contribution is -0.142. The number of carbonyl (C=O) groups excluding carboxylic acids is 4. The fourth-order valence-electron chi connectivity index (χ4n) is 3.71. The molecule has 0 saturated carbocycles. The maximum atomic E-state index is 13.2. The Morgan fingerprint density at radius 1 is 1.06 bits per heavy atom. The molecule has 1 aromatic rings. The van der Waals surface area contributed by atoms with Crippen LogP contribution in [0.5, 0.6) is 5.75 Å². The molecule has 8 N–H and O–H groups in total. The maximum absolute atomic E-state index is 13.2. The largest absolute Gasteiger partial charge is 0.508 e. The van der Waals surface area contributed by atoms with Gasteiger partial charge in [-0.15, -0.1) is 0 Å². The van der Waals surface area contributed by atoms with Gasteiger partial charge in [0.05, 0.1) is 12.5 Å². The van der Waals surface area contributed by atoms with Gasteiger partial charge >= 0.3 is 5.97 Å². The number of aromatic hydroxyl groups is 1. The second-order valence-corrected chi connectivity index (χ2v) is 9.48. The Morgan fingerprint density at radius 3 is 2.25 bits per heavy atom. The Labute approximate surface area is 213 Å². The van der Waals surface area contributed by atoms with Crippen molar-refractivity contribution in [2.45, 2.75) is 56.3 Å². The molecular formula is C23H33N5O7S. The lowest BCUT2D eigenvalue weighted by Crippen LogP contribution is -2.58. The van der Waals surface area contributed by atoms with Gasteiger partial charge in [-0.3, -0.25) is 19.2 Å². The molecule has 1 heterocycles. The summed E-state index contributed by atoms with van der Waals surface area (Å²) in [5.41, 5.74) is 5.89. The van der Waals surface area contributed by atoms with Crippen LogP contribution in [0.25, 0.3) is 0 Å². The summed E-state index contributed by atoms with van der Waals surface area (Å²) in [4.78, 5) is 61.8. The van der Waals surface area contributed by atoms with Gasteiger partial charge in [-0.1, -0.05) is 12.1 Å². The van der Waals surface area contributed by atoms with Gasteiger partial charge in [0.15, 0.2) is 0 Å². The number of benzene rings is 1. The Morgan fingerprint density at radius 2 is 1.69 bits per heavy atom. The lowest BCUT2D eigenvalue weighted by Gasteiger charge is -2.25. The zero-order valence-corrected chi connectivity index (χ0v) is 20.8. The van der Waals surface area contributed by atoms with Crippen molar-refractivity contribution in [1.29, 1.82) is 0 Å². The van der Waals surface area contributed by atoms with Crippen molar-refractivity contribution in [3.63, 3.8) is 0 Å². The first-order valence-corrected chi connectivity index (χ1v) is 12.9. The van der Waals surface area contributed by atoms with E-state index in [4.69, 9.17) is 5.73 Å². The first kappa shape index (κ1) is 28.9. The zero-order chi connectivity index (χ0) is 26.7. The smallest absolute Gasteiger partial charge is 0.326 e. The van der Waals surface area contributed by atoms with Gasteiger partial charge in [-0.25, -0.2) is 4.79 Å². The van der Waals surface area contributed by atoms with Crippen molar-refractivity contribution in [2.75, 3.05) is 18.6 Å². The molecule has 1 aromatic carbocycles. The van der Waals surface area contributed by atoms with Gasteiger partial charge in [0.1, 0.15) is 23.9 Å². The van der Waals surface area contributed by atoms with E-state index in [1.54, 1.807) is 18.4 Å². The molecule has 4 amide bonds. The number of carboxylic acid groups (broad SMARTS) is 1. The Kier molecular flexibility index (Phi) is 11.5. The van der Waals surface area contributed by atoms with E-state index in [-0.39, 0.29) is 24.5 Å². The fourth-order valence-corrected chi connectivity index (χ4v) is 4.18. The van der Waals surface area contributed by atoms with E-state index in [1.165, 1.54) is 23.9 Å². The van der Waals surface area contributed by atoms with Gasteiger partial charge in [0.25, 0.3) is 0 Å². The Balaban J connectivity index is 2.19. The summed E-state index contributed by atoms with van der Waals surface area (Å²) in [5.74, 6) is -3.62. The number of rotatable bonds is 14. The van der Waals surface area contributed by atoms with Crippen LogP contribution in [-0.4, -0.2) is 82.5 Å². The van der Waals surface area contributed by atoms with E-state index >= 15 is 0 Å². The van der Waals surface area contributed by atoms with Crippen LogP contribution in [0.15, 0.2) is 24.3 Å². The Bertz CT molecular complexity index is 937. The maximum Gasteiger partial charge on any atom is 0.326 e. The molecule has 1 aliphatic heterocycles. The predicted octanol–water partition coefficient (Wildman–Crippen LogP) is -1.15. The predicted molar refractivity (Wildman–Crippen MR) is 133 cm³/mol. The van der Waals surface area contributed by atoms with Crippen LogP contribution in [0.1, 0.15) is 31.2 Å². The van der Waals surface area contributed by atoms with Gasteiger partial charge in [0, 0.05) is 6.42 Å². The highest BCUT2D eigenvalue weighted by molar-refractivity contribution is 7.98. The average molecular weight is 524 g/mol. The van der Waals surface area contributed by atoms with Crippen LogP contribution in [0.4, 0.5) is 0 Å². The minimum Gasteiger partial charge on any atom is -0.508 e. The summed E-state index contributed by atoms with van der Waals surface area (Å²) in [6.07, 6.45) is 2.85. The fraction of sp³-hybridized carbons (Fsp3) is 0.522. The standard InChI is InChI=1S/C23H33N5O7S/c1-36-10-8-16(23(34)35)26-22(33)18(12-19(24)30)28-21(32)17(11-13-4-6-14(29)7-5-13)27-20(31)15-3-2-9-25-15/h4-7,15-18,25,29H,2-3,8-12H2,1H3,(H2,24,30)(H,26,33)(H,27,31)(H,28,32)(H,34,35). The summed E-state index contributed by atoms with van der Waals surface area (Å²) in [6.45, 7) is 0.676. The van der Waals surface area contributed by atoms with Crippen LogP contribution < -0.4 is 27.0 Å². The van der Waals surface area contributed by atoms with Crippen LogP contribution in [0.2, 0.25) is 0 Å². The summed E-state index contributed by atoms with van der Waals surface area (Å²) in [5, 5.41) is 29.4. The van der Waals surface area contributed by atoms with E-state index in [9.17, 15) is 34.2 Å². The quantitative estimate of drug-likeness (QED) is 0.157. The van der Waals surface area contributed by atoms with Gasteiger partial charge < -0.3 is 37.2 Å². The zero-order valence-electron chi connectivity index (χ0n) is 20.0. The highest BCUT2D eigenvalue weighted by atomic mass is 32.2. The third kappa shape index (κ3) is 9.38. The van der Waals surface area contributed by atoms with Gasteiger partial charge in [-0.05, 0) is 55.5 Å². The van der Waals surface area contributed by atoms with E-state index in [0.717, 1.165) is 6.42 Å². The van der Waals surface area contributed by atoms with E-state index in [0.29, 0.717) is 24.3 Å². The molecule has 0 aromatic heterocycles. The van der Waals surface area contributed by atoms with E-state index in [1.807, 2.05) is 0 Å². The molecule has 0 spiro atoms. The number of carboxylic acids is 1. The number of phenolic OH excluding ortho intramolecular Hbond substituents is 1. The molecule has 13 heteroatoms. The number of phenols is 1. The molecule has 2 rings (SSSR count). The van der Waals surface area contributed by atoms with Gasteiger partial charge in [-0.2, -0.15) is 11.8 Å². The highest BCUT2D eigenvalue weighted by Gasteiger charge is 2.32. The van der Waals surface area contributed by atoms with Crippen molar-refractivity contribution < 1.29 is 34.2 Å². The van der Waals surface area contributed by atoms with E-state index in [2.05, 4.69) is 21.3 Å². The third-order valence-electron chi connectivity index (χ3n) is 5.65. The van der Waals surface area contributed by atoms with Crippen LogP contribution in [0, 0.1) is 0 Å².